The molecule has 3 nitrogen and oxygen atoms in total. The monoisotopic (exact) mass is 268 g/mol. The molecule has 1 aromatic heterocycles. The Hall–Kier alpha value is -1.39. The first-order valence-corrected chi connectivity index (χ1v) is 6.13. The van der Waals surface area contributed by atoms with Crippen LogP contribution in [-0.2, 0) is 13.0 Å². The van der Waals surface area contributed by atoms with Gasteiger partial charge in [-0.3, -0.25) is 0 Å². The lowest BCUT2D eigenvalue weighted by Crippen LogP contribution is -2.11. The first kappa shape index (κ1) is 13.1. The highest BCUT2D eigenvalue weighted by Gasteiger charge is 2.16. The van der Waals surface area contributed by atoms with Crippen molar-refractivity contribution in [3.8, 4) is 0 Å². The van der Waals surface area contributed by atoms with Crippen LogP contribution in [-0.4, -0.2) is 14.7 Å². The molecule has 0 aliphatic heterocycles. The molecule has 5 heteroatoms. The summed E-state index contributed by atoms with van der Waals surface area (Å²) >= 11 is 5.70. The van der Waals surface area contributed by atoms with Crippen molar-refractivity contribution in [3.05, 3.63) is 52.8 Å². The number of aliphatic hydroxyl groups is 1. The third kappa shape index (κ3) is 2.54. The molecule has 0 spiro atoms. The highest BCUT2D eigenvalue weighted by Crippen LogP contribution is 2.23. The molecular weight excluding hydrogens is 255 g/mol. The van der Waals surface area contributed by atoms with Gasteiger partial charge in [-0.25, -0.2) is 9.37 Å². The van der Waals surface area contributed by atoms with E-state index in [1.807, 2.05) is 11.5 Å². The van der Waals surface area contributed by atoms with E-state index in [2.05, 4.69) is 4.98 Å². The number of aromatic nitrogens is 2. The number of aliphatic hydroxyl groups excluding tert-OH is 1. The number of benzene rings is 1. The largest absolute Gasteiger partial charge is 0.385 e. The van der Waals surface area contributed by atoms with Crippen molar-refractivity contribution in [2.75, 3.05) is 0 Å². The van der Waals surface area contributed by atoms with Gasteiger partial charge in [0.15, 0.2) is 0 Å². The minimum absolute atomic E-state index is 0.0681. The molecule has 96 valence electrons. The molecule has 0 saturated heterocycles. The van der Waals surface area contributed by atoms with Gasteiger partial charge in [-0.1, -0.05) is 23.7 Å². The van der Waals surface area contributed by atoms with Crippen molar-refractivity contribution in [1.29, 1.82) is 0 Å². The standard InChI is InChI=1S/C13H14ClFN2O/c1-2-17-7-6-16-13(17)11(18)8-9-4-3-5-10(14)12(9)15/h3-7,11,18H,2,8H2,1H3. The molecule has 1 unspecified atom stereocenters. The summed E-state index contributed by atoms with van der Waals surface area (Å²) in [6, 6.07) is 4.77. The fraction of sp³-hybridized carbons (Fsp3) is 0.308. The van der Waals surface area contributed by atoms with Crippen LogP contribution in [0.1, 0.15) is 24.4 Å². The average Bonchev–Trinajstić information content (AvgIpc) is 2.83. The first-order chi connectivity index (χ1) is 8.63. The third-order valence-electron chi connectivity index (χ3n) is 2.83. The van der Waals surface area contributed by atoms with E-state index in [9.17, 15) is 9.50 Å². The predicted molar refractivity (Wildman–Crippen MR) is 68.0 cm³/mol. The normalized spacial score (nSPS) is 12.7. The molecule has 1 atom stereocenters. The summed E-state index contributed by atoms with van der Waals surface area (Å²) < 4.78 is 15.5. The Bertz CT molecular complexity index is 542. The number of hydrogen-bond acceptors (Lipinski definition) is 2. The van der Waals surface area contributed by atoms with Gasteiger partial charge in [0.05, 0.1) is 5.02 Å². The predicted octanol–water partition coefficient (Wildman–Crippen LogP) is 2.97. The van der Waals surface area contributed by atoms with Gasteiger partial charge in [-0.2, -0.15) is 0 Å². The minimum atomic E-state index is -0.840. The Kier molecular flexibility index (Phi) is 3.99. The molecule has 0 aliphatic rings. The van der Waals surface area contributed by atoms with Gasteiger partial charge in [0.25, 0.3) is 0 Å². The first-order valence-electron chi connectivity index (χ1n) is 5.75. The van der Waals surface area contributed by atoms with Crippen LogP contribution in [0.25, 0.3) is 0 Å². The van der Waals surface area contributed by atoms with Crippen LogP contribution in [0.2, 0.25) is 5.02 Å². The number of imidazole rings is 1. The SMILES string of the molecule is CCn1ccnc1C(O)Cc1cccc(Cl)c1F. The van der Waals surface area contributed by atoms with E-state index < -0.39 is 11.9 Å². The molecule has 2 rings (SSSR count). The zero-order valence-corrected chi connectivity index (χ0v) is 10.7. The maximum atomic E-state index is 13.7. The van der Waals surface area contributed by atoms with Crippen LogP contribution in [0, 0.1) is 5.82 Å². The summed E-state index contributed by atoms with van der Waals surface area (Å²) in [5.74, 6) is 0.0599. The van der Waals surface area contributed by atoms with Crippen LogP contribution in [0.4, 0.5) is 4.39 Å². The van der Waals surface area contributed by atoms with Crippen molar-refractivity contribution in [2.45, 2.75) is 26.0 Å². The molecular formula is C13H14ClFN2O. The second-order valence-corrected chi connectivity index (χ2v) is 4.41. The van der Waals surface area contributed by atoms with Crippen molar-refractivity contribution in [3.63, 3.8) is 0 Å². The van der Waals surface area contributed by atoms with E-state index in [0.717, 1.165) is 0 Å². The van der Waals surface area contributed by atoms with Gasteiger partial charge >= 0.3 is 0 Å². The maximum absolute atomic E-state index is 13.7. The van der Waals surface area contributed by atoms with Crippen molar-refractivity contribution >= 4 is 11.6 Å². The number of aryl methyl sites for hydroxylation is 1. The third-order valence-corrected chi connectivity index (χ3v) is 3.12. The van der Waals surface area contributed by atoms with E-state index in [0.29, 0.717) is 17.9 Å². The minimum Gasteiger partial charge on any atom is -0.385 e. The molecule has 0 saturated carbocycles. The number of rotatable bonds is 4. The zero-order valence-electron chi connectivity index (χ0n) is 9.98. The summed E-state index contributed by atoms with van der Waals surface area (Å²) in [4.78, 5) is 4.09. The zero-order chi connectivity index (χ0) is 13.1. The second kappa shape index (κ2) is 5.50. The molecule has 18 heavy (non-hydrogen) atoms. The van der Waals surface area contributed by atoms with Crippen molar-refractivity contribution < 1.29 is 9.50 Å². The number of nitrogens with zero attached hydrogens (tertiary/aromatic N) is 2. The smallest absolute Gasteiger partial charge is 0.145 e. The van der Waals surface area contributed by atoms with E-state index >= 15 is 0 Å². The molecule has 0 aliphatic carbocycles. The highest BCUT2D eigenvalue weighted by atomic mass is 35.5. The topological polar surface area (TPSA) is 38.0 Å². The van der Waals surface area contributed by atoms with E-state index in [4.69, 9.17) is 11.6 Å². The summed E-state index contributed by atoms with van der Waals surface area (Å²) in [6.45, 7) is 2.67. The lowest BCUT2D eigenvalue weighted by molar-refractivity contribution is 0.162. The Balaban J connectivity index is 2.21. The van der Waals surface area contributed by atoms with Crippen molar-refractivity contribution in [1.82, 2.24) is 9.55 Å². The fourth-order valence-corrected chi connectivity index (χ4v) is 2.09. The van der Waals surface area contributed by atoms with Gasteiger partial charge in [-0.05, 0) is 18.6 Å². The van der Waals surface area contributed by atoms with E-state index in [1.54, 1.807) is 24.5 Å². The van der Waals surface area contributed by atoms with Gasteiger partial charge in [0.1, 0.15) is 17.7 Å². The van der Waals surface area contributed by atoms with Crippen LogP contribution in [0.3, 0.4) is 0 Å². The number of halogens is 2. The molecule has 0 bridgehead atoms. The molecule has 0 fully saturated rings. The lowest BCUT2D eigenvalue weighted by atomic mass is 10.1. The molecule has 1 N–H and O–H groups in total. The van der Waals surface area contributed by atoms with E-state index in [1.165, 1.54) is 6.07 Å². The Morgan fingerprint density at radius 3 is 3.00 bits per heavy atom. The summed E-state index contributed by atoms with van der Waals surface area (Å²) in [5, 5.41) is 10.2. The van der Waals surface area contributed by atoms with Crippen LogP contribution >= 0.6 is 11.6 Å². The average molecular weight is 269 g/mol. The summed E-state index contributed by atoms with van der Waals surface area (Å²) in [7, 11) is 0. The van der Waals surface area contributed by atoms with Gasteiger partial charge < -0.3 is 9.67 Å². The van der Waals surface area contributed by atoms with Gasteiger partial charge in [-0.15, -0.1) is 0 Å². The molecule has 0 radical (unpaired) electrons. The highest BCUT2D eigenvalue weighted by molar-refractivity contribution is 6.30. The lowest BCUT2D eigenvalue weighted by Gasteiger charge is -2.13. The van der Waals surface area contributed by atoms with Crippen molar-refractivity contribution in [2.24, 2.45) is 0 Å². The van der Waals surface area contributed by atoms with Crippen LogP contribution in [0.5, 0.6) is 0 Å². The number of hydrogen-bond donors (Lipinski definition) is 1. The molecule has 0 amide bonds. The van der Waals surface area contributed by atoms with Crippen LogP contribution in [0.15, 0.2) is 30.6 Å². The summed E-state index contributed by atoms with van der Waals surface area (Å²) in [5.41, 5.74) is 0.389. The molecule has 1 heterocycles. The van der Waals surface area contributed by atoms with Gasteiger partial charge in [0.2, 0.25) is 0 Å². The maximum Gasteiger partial charge on any atom is 0.145 e. The van der Waals surface area contributed by atoms with Crippen LogP contribution < -0.4 is 0 Å². The van der Waals surface area contributed by atoms with E-state index in [-0.39, 0.29) is 11.4 Å². The quantitative estimate of drug-likeness (QED) is 0.926. The fourth-order valence-electron chi connectivity index (χ4n) is 1.89. The molecule has 1 aromatic carbocycles. The Morgan fingerprint density at radius 1 is 1.50 bits per heavy atom. The Labute approximate surface area is 110 Å². The second-order valence-electron chi connectivity index (χ2n) is 4.00. The summed E-state index contributed by atoms with van der Waals surface area (Å²) in [6.07, 6.45) is 2.72. The molecule has 2 aromatic rings. The Morgan fingerprint density at radius 2 is 2.28 bits per heavy atom. The van der Waals surface area contributed by atoms with Gasteiger partial charge in [0, 0.05) is 25.4 Å².